The first-order chi connectivity index (χ1) is 13.1. The zero-order valence-corrected chi connectivity index (χ0v) is 16.0. The minimum absolute atomic E-state index is 0.173. The molecule has 5 rings (SSSR count). The molecule has 3 aliphatic heterocycles. The molecule has 1 aromatic heterocycles. The molecule has 0 saturated carbocycles. The molecule has 0 radical (unpaired) electrons. The topological polar surface area (TPSA) is 65.7 Å². The smallest absolute Gasteiger partial charge is 0.247 e. The van der Waals surface area contributed by atoms with E-state index in [1.54, 1.807) is 4.90 Å². The number of benzene rings is 1. The van der Waals surface area contributed by atoms with E-state index in [-0.39, 0.29) is 5.91 Å². The number of hydrogen-bond donors (Lipinski definition) is 0. The number of likely N-dealkylation sites (N-methyl/N-ethyl adjacent to an activating group) is 1. The summed E-state index contributed by atoms with van der Waals surface area (Å²) in [5.74, 6) is 2.00. The Morgan fingerprint density at radius 2 is 1.96 bits per heavy atom. The molecule has 1 amide bonds. The van der Waals surface area contributed by atoms with Crippen molar-refractivity contribution in [2.75, 3.05) is 40.3 Å². The normalized spacial score (nSPS) is 23.3. The van der Waals surface area contributed by atoms with Gasteiger partial charge in [0, 0.05) is 45.3 Å². The van der Waals surface area contributed by atoms with Gasteiger partial charge in [-0.15, -0.1) is 10.2 Å². The van der Waals surface area contributed by atoms with Crippen molar-refractivity contribution in [1.29, 1.82) is 0 Å². The van der Waals surface area contributed by atoms with Gasteiger partial charge in [-0.05, 0) is 30.9 Å². The number of carbonyl (C=O) groups excluding carboxylic acids is 1. The Morgan fingerprint density at radius 3 is 2.74 bits per heavy atom. The van der Waals surface area contributed by atoms with E-state index in [0.717, 1.165) is 31.6 Å². The average molecular weight is 369 g/mol. The molecule has 27 heavy (non-hydrogen) atoms. The highest BCUT2D eigenvalue weighted by atomic mass is 16.4. The fourth-order valence-electron chi connectivity index (χ4n) is 4.12. The van der Waals surface area contributed by atoms with E-state index >= 15 is 0 Å². The van der Waals surface area contributed by atoms with Crippen LogP contribution in [0.15, 0.2) is 34.7 Å². The van der Waals surface area contributed by atoms with Crippen molar-refractivity contribution in [2.45, 2.75) is 25.4 Å². The van der Waals surface area contributed by atoms with E-state index in [9.17, 15) is 4.79 Å². The molecule has 3 saturated heterocycles. The van der Waals surface area contributed by atoms with E-state index in [1.165, 1.54) is 6.42 Å². The summed E-state index contributed by atoms with van der Waals surface area (Å²) in [5, 5.41) is 8.47. The standard InChI is InChI=1S/C20H27N5O2/c1-23(2)19(26)14-24-10-15-8-9-17(12-24)25(11-15)13-18-21-22-20(27-18)16-6-4-3-5-7-16/h3-7,15,17H,8-14H2,1-2H3/t15-,17+/m0/s1. The second-order valence-corrected chi connectivity index (χ2v) is 7.88. The molecule has 7 nitrogen and oxygen atoms in total. The summed E-state index contributed by atoms with van der Waals surface area (Å²) in [6, 6.07) is 10.3. The molecule has 2 bridgehead atoms. The van der Waals surface area contributed by atoms with Crippen LogP contribution in [0.5, 0.6) is 0 Å². The van der Waals surface area contributed by atoms with Crippen LogP contribution in [0.2, 0.25) is 0 Å². The molecular formula is C20H27N5O2. The summed E-state index contributed by atoms with van der Waals surface area (Å²) in [6.07, 6.45) is 2.39. The van der Waals surface area contributed by atoms with Gasteiger partial charge < -0.3 is 9.32 Å². The molecule has 0 spiro atoms. The van der Waals surface area contributed by atoms with E-state index in [0.29, 0.717) is 36.8 Å². The molecule has 2 atom stereocenters. The maximum Gasteiger partial charge on any atom is 0.247 e. The van der Waals surface area contributed by atoms with E-state index in [1.807, 2.05) is 44.4 Å². The van der Waals surface area contributed by atoms with Crippen LogP contribution in [0.4, 0.5) is 0 Å². The monoisotopic (exact) mass is 369 g/mol. The number of piperidine rings is 1. The van der Waals surface area contributed by atoms with Gasteiger partial charge in [0.1, 0.15) is 0 Å². The van der Waals surface area contributed by atoms with Gasteiger partial charge in [-0.2, -0.15) is 0 Å². The summed E-state index contributed by atoms with van der Waals surface area (Å²) in [4.78, 5) is 18.5. The summed E-state index contributed by atoms with van der Waals surface area (Å²) in [5.41, 5.74) is 0.946. The maximum atomic E-state index is 12.1. The van der Waals surface area contributed by atoms with Gasteiger partial charge in [-0.1, -0.05) is 18.2 Å². The van der Waals surface area contributed by atoms with Gasteiger partial charge in [0.2, 0.25) is 17.7 Å². The van der Waals surface area contributed by atoms with Crippen LogP contribution in [0.3, 0.4) is 0 Å². The Labute approximate surface area is 159 Å². The Hall–Kier alpha value is -2.25. The SMILES string of the molecule is CN(C)C(=O)CN1C[C@@H]2CC[C@H](C1)N(Cc1nnc(-c3ccccc3)o1)C2. The zero-order chi connectivity index (χ0) is 18.8. The lowest BCUT2D eigenvalue weighted by Crippen LogP contribution is -2.44. The predicted molar refractivity (Wildman–Crippen MR) is 102 cm³/mol. The lowest BCUT2D eigenvalue weighted by Gasteiger charge is -2.35. The van der Waals surface area contributed by atoms with Crippen LogP contribution in [0.1, 0.15) is 18.7 Å². The van der Waals surface area contributed by atoms with E-state index in [4.69, 9.17) is 4.42 Å². The Kier molecular flexibility index (Phi) is 5.22. The van der Waals surface area contributed by atoms with Gasteiger partial charge in [0.05, 0.1) is 13.1 Å². The first-order valence-electron chi connectivity index (χ1n) is 9.63. The Balaban J connectivity index is 1.42. The lowest BCUT2D eigenvalue weighted by atomic mass is 9.95. The lowest BCUT2D eigenvalue weighted by molar-refractivity contribution is -0.130. The molecule has 7 heteroatoms. The molecule has 2 aromatic rings. The van der Waals surface area contributed by atoms with Crippen LogP contribution in [-0.4, -0.2) is 77.1 Å². The van der Waals surface area contributed by atoms with Gasteiger partial charge in [0.25, 0.3) is 0 Å². The second kappa shape index (κ2) is 7.78. The molecule has 1 aromatic carbocycles. The Bertz CT molecular complexity index is 776. The van der Waals surface area contributed by atoms with Crippen LogP contribution in [0, 0.1) is 5.92 Å². The number of aromatic nitrogens is 2. The number of rotatable bonds is 5. The van der Waals surface area contributed by atoms with Crippen LogP contribution < -0.4 is 0 Å². The third-order valence-corrected chi connectivity index (χ3v) is 5.59. The van der Waals surface area contributed by atoms with Gasteiger partial charge >= 0.3 is 0 Å². The first kappa shape index (κ1) is 18.1. The van der Waals surface area contributed by atoms with Crippen LogP contribution in [0.25, 0.3) is 11.5 Å². The number of nitrogens with zero attached hydrogens (tertiary/aromatic N) is 5. The second-order valence-electron chi connectivity index (χ2n) is 7.88. The minimum atomic E-state index is 0.173. The molecular weight excluding hydrogens is 342 g/mol. The molecule has 0 aliphatic carbocycles. The summed E-state index contributed by atoms with van der Waals surface area (Å²) in [6.45, 7) is 4.13. The van der Waals surface area contributed by atoms with Crippen molar-refractivity contribution in [1.82, 2.24) is 24.9 Å². The highest BCUT2D eigenvalue weighted by molar-refractivity contribution is 5.77. The van der Waals surface area contributed by atoms with Crippen molar-refractivity contribution in [3.63, 3.8) is 0 Å². The van der Waals surface area contributed by atoms with Crippen molar-refractivity contribution in [3.8, 4) is 11.5 Å². The molecule has 144 valence electrons. The van der Waals surface area contributed by atoms with E-state index < -0.39 is 0 Å². The third kappa shape index (κ3) is 4.20. The van der Waals surface area contributed by atoms with Crippen molar-refractivity contribution in [2.24, 2.45) is 5.92 Å². The third-order valence-electron chi connectivity index (χ3n) is 5.59. The molecule has 4 heterocycles. The predicted octanol–water partition coefficient (Wildman–Crippen LogP) is 1.72. The average Bonchev–Trinajstić information content (AvgIpc) is 2.96. The molecule has 0 unspecified atom stereocenters. The summed E-state index contributed by atoms with van der Waals surface area (Å²) in [7, 11) is 3.64. The van der Waals surface area contributed by atoms with E-state index in [2.05, 4.69) is 20.0 Å². The number of fused-ring (bicyclic) bond motifs is 4. The quantitative estimate of drug-likeness (QED) is 0.800. The van der Waals surface area contributed by atoms with Crippen LogP contribution >= 0.6 is 0 Å². The number of carbonyl (C=O) groups is 1. The Morgan fingerprint density at radius 1 is 1.15 bits per heavy atom. The van der Waals surface area contributed by atoms with Gasteiger partial charge in [0.15, 0.2) is 0 Å². The first-order valence-corrected chi connectivity index (χ1v) is 9.63. The molecule has 3 fully saturated rings. The zero-order valence-electron chi connectivity index (χ0n) is 16.0. The largest absolute Gasteiger partial charge is 0.419 e. The molecule has 3 aliphatic rings. The van der Waals surface area contributed by atoms with Crippen molar-refractivity contribution < 1.29 is 9.21 Å². The minimum Gasteiger partial charge on any atom is -0.419 e. The van der Waals surface area contributed by atoms with Crippen molar-refractivity contribution >= 4 is 5.91 Å². The van der Waals surface area contributed by atoms with Crippen molar-refractivity contribution in [3.05, 3.63) is 36.2 Å². The summed E-state index contributed by atoms with van der Waals surface area (Å²) < 4.78 is 5.91. The molecule has 0 N–H and O–H groups in total. The number of hydrogen-bond acceptors (Lipinski definition) is 6. The maximum absolute atomic E-state index is 12.1. The van der Waals surface area contributed by atoms with Gasteiger partial charge in [-0.3, -0.25) is 14.6 Å². The fourth-order valence-corrected chi connectivity index (χ4v) is 4.12. The summed E-state index contributed by atoms with van der Waals surface area (Å²) >= 11 is 0. The fraction of sp³-hybridized carbons (Fsp3) is 0.550. The number of amides is 1. The highest BCUT2D eigenvalue weighted by Crippen LogP contribution is 2.29. The van der Waals surface area contributed by atoms with Gasteiger partial charge in [-0.25, -0.2) is 0 Å². The highest BCUT2D eigenvalue weighted by Gasteiger charge is 2.36. The van der Waals surface area contributed by atoms with Crippen LogP contribution in [-0.2, 0) is 11.3 Å².